The van der Waals surface area contributed by atoms with Crippen LogP contribution in [0.1, 0.15) is 46.6 Å². The minimum absolute atomic E-state index is 0.0315. The summed E-state index contributed by atoms with van der Waals surface area (Å²) < 4.78 is 55.0. The maximum absolute atomic E-state index is 15.9. The van der Waals surface area contributed by atoms with Crippen LogP contribution < -0.4 is 16.0 Å². The Morgan fingerprint density at radius 3 is 2.38 bits per heavy atom. The van der Waals surface area contributed by atoms with Crippen molar-refractivity contribution in [1.82, 2.24) is 15.5 Å². The second kappa shape index (κ2) is 9.45. The third-order valence-corrected chi connectivity index (χ3v) is 8.33. The number of benzene rings is 1. The van der Waals surface area contributed by atoms with Gasteiger partial charge in [-0.25, -0.2) is 4.39 Å². The summed E-state index contributed by atoms with van der Waals surface area (Å²) >= 11 is 0. The number of amides is 4. The second-order valence-corrected chi connectivity index (χ2v) is 12.4. The lowest BCUT2D eigenvalue weighted by Crippen LogP contribution is -2.61. The van der Waals surface area contributed by atoms with Crippen LogP contribution in [0.15, 0.2) is 24.3 Å². The molecule has 0 radical (unpaired) electrons. The largest absolute Gasteiger partial charge is 0.471 e. The quantitative estimate of drug-likeness (QED) is 0.457. The highest BCUT2D eigenvalue weighted by atomic mass is 19.4. The third kappa shape index (κ3) is 4.88. The molecule has 4 amide bonds. The van der Waals surface area contributed by atoms with Crippen molar-refractivity contribution in [3.63, 3.8) is 0 Å². The molecule has 6 atom stereocenters. The zero-order chi connectivity index (χ0) is 30.0. The lowest BCUT2D eigenvalue weighted by atomic mass is 9.85. The number of carbonyl (C=O) groups is 4. The van der Waals surface area contributed by atoms with Gasteiger partial charge in [0.1, 0.15) is 18.1 Å². The molecule has 1 saturated carbocycles. The first kappa shape index (κ1) is 29.3. The fourth-order valence-electron chi connectivity index (χ4n) is 5.99. The number of hydrogen-bond acceptors (Lipinski definition) is 5. The summed E-state index contributed by atoms with van der Waals surface area (Å²) in [7, 11) is 0. The van der Waals surface area contributed by atoms with Crippen LogP contribution in [0.25, 0.3) is 0 Å². The summed E-state index contributed by atoms with van der Waals surface area (Å²) in [6.07, 6.45) is -5.91. The Balaban J connectivity index is 1.57. The number of likely N-dealkylation sites (tertiary alicyclic amines) is 1. The van der Waals surface area contributed by atoms with Gasteiger partial charge in [-0.1, -0.05) is 52.8 Å². The Morgan fingerprint density at radius 2 is 1.80 bits per heavy atom. The van der Waals surface area contributed by atoms with Crippen molar-refractivity contribution in [3.8, 4) is 6.07 Å². The smallest absolute Gasteiger partial charge is 0.338 e. The number of nitrogens with zero attached hydrogens (tertiary/aromatic N) is 2. The van der Waals surface area contributed by atoms with Gasteiger partial charge in [0.15, 0.2) is 0 Å². The van der Waals surface area contributed by atoms with Gasteiger partial charge in [-0.3, -0.25) is 19.2 Å². The van der Waals surface area contributed by atoms with E-state index in [1.807, 2.05) is 13.8 Å². The SMILES string of the molecule is CC(C)(C)[C@H](NC(=O)C(F)(F)F)C(=O)N1C[C@H]2[C@H]([C@H]1C(=O)NC(C#N)CC1(F)C(=O)Nc3ccccc31)C2(C)C. The molecule has 1 saturated heterocycles. The maximum Gasteiger partial charge on any atom is 0.471 e. The molecule has 0 spiro atoms. The average Bonchev–Trinajstić information content (AvgIpc) is 3.12. The van der Waals surface area contributed by atoms with Crippen LogP contribution in [-0.4, -0.2) is 59.4 Å². The van der Waals surface area contributed by atoms with Gasteiger partial charge in [-0.15, -0.1) is 0 Å². The van der Waals surface area contributed by atoms with Crippen LogP contribution >= 0.6 is 0 Å². The van der Waals surface area contributed by atoms with Crippen molar-refractivity contribution in [1.29, 1.82) is 5.26 Å². The van der Waals surface area contributed by atoms with Crippen LogP contribution in [0.2, 0.25) is 0 Å². The fourth-order valence-corrected chi connectivity index (χ4v) is 5.99. The Hall–Kier alpha value is -3.69. The van der Waals surface area contributed by atoms with Gasteiger partial charge in [-0.05, 0) is 28.7 Å². The first-order valence-electron chi connectivity index (χ1n) is 12.8. The van der Waals surface area contributed by atoms with Crippen molar-refractivity contribution in [3.05, 3.63) is 29.8 Å². The van der Waals surface area contributed by atoms with Crippen LogP contribution in [0, 0.1) is 34.0 Å². The van der Waals surface area contributed by atoms with E-state index in [-0.39, 0.29) is 35.0 Å². The molecule has 9 nitrogen and oxygen atoms in total. The van der Waals surface area contributed by atoms with Gasteiger partial charge in [0.05, 0.1) is 6.07 Å². The number of piperidine rings is 1. The summed E-state index contributed by atoms with van der Waals surface area (Å²) in [6, 6.07) is 3.63. The van der Waals surface area contributed by atoms with Gasteiger partial charge in [0.25, 0.3) is 5.91 Å². The number of rotatable bonds is 6. The molecule has 3 aliphatic rings. The number of fused-ring (bicyclic) bond motifs is 2. The molecule has 216 valence electrons. The molecule has 1 aromatic rings. The Kier molecular flexibility index (Phi) is 6.92. The summed E-state index contributed by atoms with van der Waals surface area (Å²) in [5, 5.41) is 16.4. The minimum atomic E-state index is -5.22. The molecular formula is C27H31F4N5O4. The van der Waals surface area contributed by atoms with Crippen molar-refractivity contribution in [2.24, 2.45) is 22.7 Å². The standard InChI is InChI=1S/C27H31F4N5O4/c1-24(2,3)19(35-23(40)27(29,30)31)21(38)36-12-15-17(25(15,4)5)18(36)20(37)33-13(11-32)10-26(28)14-8-6-7-9-16(14)34-22(26)39/h6-9,13,15,17-19H,10,12H2,1-5H3,(H,33,37)(H,34,39)(H,35,40)/t13?,15-,17+,18-,19+,26?/m0/s1. The van der Waals surface area contributed by atoms with Gasteiger partial charge in [-0.2, -0.15) is 18.4 Å². The normalized spacial score (nSPS) is 27.9. The summed E-state index contributed by atoms with van der Waals surface area (Å²) in [4.78, 5) is 52.5. The molecule has 2 unspecified atom stereocenters. The molecular weight excluding hydrogens is 534 g/mol. The van der Waals surface area contributed by atoms with E-state index in [9.17, 15) is 37.6 Å². The number of para-hydroxylation sites is 1. The van der Waals surface area contributed by atoms with E-state index in [1.165, 1.54) is 39.0 Å². The fraction of sp³-hybridized carbons (Fsp3) is 0.593. The van der Waals surface area contributed by atoms with Crippen LogP contribution in [0.5, 0.6) is 0 Å². The van der Waals surface area contributed by atoms with Crippen molar-refractivity contribution in [2.45, 2.75) is 71.0 Å². The summed E-state index contributed by atoms with van der Waals surface area (Å²) in [5.41, 5.74) is -3.82. The van der Waals surface area contributed by atoms with E-state index in [0.29, 0.717) is 0 Å². The maximum atomic E-state index is 15.9. The van der Waals surface area contributed by atoms with Crippen molar-refractivity contribution < 1.29 is 36.7 Å². The van der Waals surface area contributed by atoms with Gasteiger partial charge in [0, 0.05) is 24.2 Å². The Morgan fingerprint density at radius 1 is 1.18 bits per heavy atom. The predicted octanol–water partition coefficient (Wildman–Crippen LogP) is 2.78. The number of carbonyl (C=O) groups excluding carboxylic acids is 4. The number of anilines is 1. The number of halogens is 4. The zero-order valence-electron chi connectivity index (χ0n) is 22.6. The monoisotopic (exact) mass is 565 g/mol. The molecule has 0 bridgehead atoms. The van der Waals surface area contributed by atoms with Crippen LogP contribution in [0.4, 0.5) is 23.2 Å². The number of alkyl halides is 4. The first-order chi connectivity index (χ1) is 18.3. The van der Waals surface area contributed by atoms with E-state index < -0.39 is 65.4 Å². The third-order valence-electron chi connectivity index (χ3n) is 8.33. The zero-order valence-corrected chi connectivity index (χ0v) is 22.6. The molecule has 3 N–H and O–H groups in total. The Labute approximate surface area is 228 Å². The van der Waals surface area contributed by atoms with Crippen LogP contribution in [-0.2, 0) is 24.8 Å². The van der Waals surface area contributed by atoms with Crippen LogP contribution in [0.3, 0.4) is 0 Å². The summed E-state index contributed by atoms with van der Waals surface area (Å²) in [6.45, 7) is 8.28. The first-order valence-corrected chi connectivity index (χ1v) is 12.8. The van der Waals surface area contributed by atoms with E-state index >= 15 is 4.39 Å². The molecule has 2 aliphatic heterocycles. The number of nitriles is 1. The highest BCUT2D eigenvalue weighted by Gasteiger charge is 2.70. The van der Waals surface area contributed by atoms with Crippen molar-refractivity contribution in [2.75, 3.05) is 11.9 Å². The highest BCUT2D eigenvalue weighted by Crippen LogP contribution is 2.65. The molecule has 40 heavy (non-hydrogen) atoms. The predicted molar refractivity (Wildman–Crippen MR) is 134 cm³/mol. The molecule has 4 rings (SSSR count). The molecule has 1 aliphatic carbocycles. The van der Waals surface area contributed by atoms with Gasteiger partial charge >= 0.3 is 12.1 Å². The highest BCUT2D eigenvalue weighted by molar-refractivity contribution is 6.05. The van der Waals surface area contributed by atoms with E-state index in [1.54, 1.807) is 17.5 Å². The topological polar surface area (TPSA) is 131 Å². The average molecular weight is 566 g/mol. The molecule has 2 fully saturated rings. The lowest BCUT2D eigenvalue weighted by Gasteiger charge is -2.38. The summed E-state index contributed by atoms with van der Waals surface area (Å²) in [5.74, 6) is -5.43. The van der Waals surface area contributed by atoms with Gasteiger partial charge < -0.3 is 20.9 Å². The van der Waals surface area contributed by atoms with E-state index in [0.717, 1.165) is 4.90 Å². The van der Waals surface area contributed by atoms with E-state index in [4.69, 9.17) is 0 Å². The molecule has 1 aromatic carbocycles. The molecule has 2 heterocycles. The number of hydrogen-bond donors (Lipinski definition) is 3. The van der Waals surface area contributed by atoms with Gasteiger partial charge in [0.2, 0.25) is 17.5 Å². The Bertz CT molecular complexity index is 1300. The number of nitrogens with one attached hydrogen (secondary N) is 3. The van der Waals surface area contributed by atoms with E-state index in [2.05, 4.69) is 10.6 Å². The molecule has 13 heteroatoms. The lowest BCUT2D eigenvalue weighted by molar-refractivity contribution is -0.176. The van der Waals surface area contributed by atoms with Crippen molar-refractivity contribution >= 4 is 29.3 Å². The minimum Gasteiger partial charge on any atom is -0.338 e. The second-order valence-electron chi connectivity index (χ2n) is 12.4. The molecule has 0 aromatic heterocycles.